The number of carbonyl (C=O) groups excluding carboxylic acids is 1. The lowest BCUT2D eigenvalue weighted by Crippen LogP contribution is -2.43. The van der Waals surface area contributed by atoms with E-state index in [-0.39, 0.29) is 30.1 Å². The van der Waals surface area contributed by atoms with E-state index in [1.165, 1.54) is 19.3 Å². The molecule has 0 spiro atoms. The van der Waals surface area contributed by atoms with E-state index in [9.17, 15) is 13.2 Å². The Kier molecular flexibility index (Phi) is 3.55. The number of carbonyl (C=O) groups is 1. The third kappa shape index (κ3) is 3.11. The molecule has 3 unspecified atom stereocenters. The molecule has 0 aromatic rings. The molecular formula is C13H21NO4S. The van der Waals surface area contributed by atoms with Gasteiger partial charge in [-0.25, -0.2) is 8.42 Å². The van der Waals surface area contributed by atoms with Crippen molar-refractivity contribution in [3.63, 3.8) is 0 Å². The molecule has 3 atom stereocenters. The summed E-state index contributed by atoms with van der Waals surface area (Å²) in [6.45, 7) is 1.14. The van der Waals surface area contributed by atoms with Crippen molar-refractivity contribution in [2.24, 2.45) is 11.8 Å². The lowest BCUT2D eigenvalue weighted by Gasteiger charge is -2.27. The van der Waals surface area contributed by atoms with Crippen LogP contribution in [0.3, 0.4) is 0 Å². The predicted octanol–water partition coefficient (Wildman–Crippen LogP) is 0.449. The Morgan fingerprint density at radius 3 is 2.47 bits per heavy atom. The summed E-state index contributed by atoms with van der Waals surface area (Å²) in [5, 5.41) is 0. The molecule has 0 aromatic carbocycles. The first kappa shape index (κ1) is 13.4. The summed E-state index contributed by atoms with van der Waals surface area (Å²) < 4.78 is 28.2. The zero-order chi connectivity index (χ0) is 13.5. The third-order valence-corrected chi connectivity index (χ3v) is 6.35. The molecule has 0 aromatic heterocycles. The van der Waals surface area contributed by atoms with E-state index in [1.54, 1.807) is 0 Å². The van der Waals surface area contributed by atoms with Crippen molar-refractivity contribution in [1.29, 1.82) is 0 Å². The van der Waals surface area contributed by atoms with Crippen LogP contribution >= 0.6 is 0 Å². The van der Waals surface area contributed by atoms with Gasteiger partial charge in [0.05, 0.1) is 18.1 Å². The molecule has 0 N–H and O–H groups in total. The van der Waals surface area contributed by atoms with E-state index in [0.717, 1.165) is 12.3 Å². The van der Waals surface area contributed by atoms with Crippen molar-refractivity contribution in [3.8, 4) is 0 Å². The topological polar surface area (TPSA) is 63.7 Å². The van der Waals surface area contributed by atoms with E-state index >= 15 is 0 Å². The zero-order valence-corrected chi connectivity index (χ0v) is 11.9. The highest BCUT2D eigenvalue weighted by molar-refractivity contribution is 7.91. The average Bonchev–Trinajstić information content (AvgIpc) is 2.94. The van der Waals surface area contributed by atoms with Gasteiger partial charge in [0.15, 0.2) is 9.84 Å². The van der Waals surface area contributed by atoms with E-state index in [1.807, 2.05) is 4.90 Å². The van der Waals surface area contributed by atoms with Crippen LogP contribution in [0, 0.1) is 11.8 Å². The van der Waals surface area contributed by atoms with E-state index in [0.29, 0.717) is 19.0 Å². The van der Waals surface area contributed by atoms with Gasteiger partial charge in [-0.1, -0.05) is 0 Å². The summed E-state index contributed by atoms with van der Waals surface area (Å²) in [6.07, 6.45) is 4.87. The number of ether oxygens (including phenoxy) is 1. The van der Waals surface area contributed by atoms with Gasteiger partial charge in [-0.2, -0.15) is 0 Å². The minimum atomic E-state index is -2.87. The van der Waals surface area contributed by atoms with Crippen molar-refractivity contribution in [3.05, 3.63) is 0 Å². The van der Waals surface area contributed by atoms with Gasteiger partial charge in [0.1, 0.15) is 6.10 Å². The van der Waals surface area contributed by atoms with Crippen molar-refractivity contribution < 1.29 is 17.9 Å². The van der Waals surface area contributed by atoms with Crippen molar-refractivity contribution in [2.45, 2.75) is 31.8 Å². The van der Waals surface area contributed by atoms with Gasteiger partial charge < -0.3 is 4.74 Å². The van der Waals surface area contributed by atoms with Gasteiger partial charge >= 0.3 is 5.97 Å². The van der Waals surface area contributed by atoms with E-state index in [4.69, 9.17) is 4.74 Å². The second-order valence-corrected chi connectivity index (χ2v) is 8.43. The van der Waals surface area contributed by atoms with Crippen LogP contribution in [0.1, 0.15) is 25.7 Å². The van der Waals surface area contributed by atoms with Gasteiger partial charge in [0.25, 0.3) is 0 Å². The van der Waals surface area contributed by atoms with E-state index in [2.05, 4.69) is 0 Å². The highest BCUT2D eigenvalue weighted by Gasteiger charge is 2.41. The van der Waals surface area contributed by atoms with Crippen LogP contribution in [0.5, 0.6) is 0 Å². The molecule has 5 nitrogen and oxygen atoms in total. The Bertz CT molecular complexity index is 447. The second-order valence-electron chi connectivity index (χ2n) is 6.13. The summed E-state index contributed by atoms with van der Waals surface area (Å²) in [4.78, 5) is 13.8. The zero-order valence-electron chi connectivity index (χ0n) is 11.1. The Balaban J connectivity index is 1.44. The number of esters is 1. The van der Waals surface area contributed by atoms with Crippen molar-refractivity contribution in [2.75, 3.05) is 31.1 Å². The lowest BCUT2D eigenvalue weighted by atomic mass is 9.98. The Morgan fingerprint density at radius 2 is 1.89 bits per heavy atom. The fraction of sp³-hybridized carbons (Fsp3) is 0.923. The fourth-order valence-electron chi connectivity index (χ4n) is 3.63. The number of sulfone groups is 1. The monoisotopic (exact) mass is 287 g/mol. The first-order valence-corrected chi connectivity index (χ1v) is 8.96. The molecule has 2 saturated carbocycles. The molecule has 1 aliphatic heterocycles. The number of rotatable bonds is 3. The first-order chi connectivity index (χ1) is 9.02. The van der Waals surface area contributed by atoms with E-state index < -0.39 is 9.84 Å². The molecule has 19 heavy (non-hydrogen) atoms. The SMILES string of the molecule is O=C(CN1CCS(=O)(=O)CC1)OC1CC2CCC1C2. The molecular weight excluding hydrogens is 266 g/mol. The normalized spacial score (nSPS) is 37.4. The average molecular weight is 287 g/mol. The molecule has 1 heterocycles. The number of fused-ring (bicyclic) bond motifs is 2. The summed E-state index contributed by atoms with van der Waals surface area (Å²) >= 11 is 0. The van der Waals surface area contributed by atoms with Gasteiger partial charge in [-0.05, 0) is 37.5 Å². The maximum atomic E-state index is 11.9. The third-order valence-electron chi connectivity index (χ3n) is 4.75. The number of nitrogens with zero attached hydrogens (tertiary/aromatic N) is 1. The van der Waals surface area contributed by atoms with Crippen LogP contribution in [0.2, 0.25) is 0 Å². The first-order valence-electron chi connectivity index (χ1n) is 7.14. The lowest BCUT2D eigenvalue weighted by molar-refractivity contribution is -0.152. The smallest absolute Gasteiger partial charge is 0.320 e. The minimum absolute atomic E-state index is 0.125. The summed E-state index contributed by atoms with van der Waals surface area (Å²) in [7, 11) is -2.87. The van der Waals surface area contributed by atoms with Crippen LogP contribution in [-0.4, -0.2) is 56.5 Å². The Hall–Kier alpha value is -0.620. The largest absolute Gasteiger partial charge is 0.461 e. The molecule has 3 rings (SSSR count). The molecule has 2 bridgehead atoms. The molecule has 0 amide bonds. The van der Waals surface area contributed by atoms with Crippen LogP contribution in [0.4, 0.5) is 0 Å². The maximum Gasteiger partial charge on any atom is 0.320 e. The standard InChI is InChI=1S/C13H21NO4S/c15-13(9-14-3-5-19(16,17)6-4-14)18-12-8-10-1-2-11(12)7-10/h10-12H,1-9H2. The van der Waals surface area contributed by atoms with Crippen molar-refractivity contribution >= 4 is 15.8 Å². The van der Waals surface area contributed by atoms with Gasteiger partial charge in [0.2, 0.25) is 0 Å². The van der Waals surface area contributed by atoms with Gasteiger partial charge in [-0.15, -0.1) is 0 Å². The predicted molar refractivity (Wildman–Crippen MR) is 70.4 cm³/mol. The summed E-state index contributed by atoms with van der Waals surface area (Å²) in [5.74, 6) is 1.48. The highest BCUT2D eigenvalue weighted by atomic mass is 32.2. The fourth-order valence-corrected chi connectivity index (χ4v) is 4.90. The molecule has 1 saturated heterocycles. The molecule has 6 heteroatoms. The second kappa shape index (κ2) is 5.05. The summed E-state index contributed by atoms with van der Waals surface area (Å²) in [6, 6.07) is 0. The summed E-state index contributed by atoms with van der Waals surface area (Å²) in [5.41, 5.74) is 0. The van der Waals surface area contributed by atoms with Crippen molar-refractivity contribution in [1.82, 2.24) is 4.90 Å². The highest BCUT2D eigenvalue weighted by Crippen LogP contribution is 2.45. The van der Waals surface area contributed by atoms with Crippen LogP contribution in [0.25, 0.3) is 0 Å². The van der Waals surface area contributed by atoms with Crippen LogP contribution < -0.4 is 0 Å². The van der Waals surface area contributed by atoms with Gasteiger partial charge in [-0.3, -0.25) is 9.69 Å². The molecule has 2 aliphatic carbocycles. The molecule has 3 fully saturated rings. The van der Waals surface area contributed by atoms with Crippen LogP contribution in [0.15, 0.2) is 0 Å². The van der Waals surface area contributed by atoms with Gasteiger partial charge in [0, 0.05) is 13.1 Å². The Morgan fingerprint density at radius 1 is 1.16 bits per heavy atom. The van der Waals surface area contributed by atoms with Crippen LogP contribution in [-0.2, 0) is 19.4 Å². The quantitative estimate of drug-likeness (QED) is 0.705. The minimum Gasteiger partial charge on any atom is -0.461 e. The number of hydrogen-bond acceptors (Lipinski definition) is 5. The molecule has 3 aliphatic rings. The maximum absolute atomic E-state index is 11.9. The Labute approximate surface area is 114 Å². The number of hydrogen-bond donors (Lipinski definition) is 0. The molecule has 0 radical (unpaired) electrons. The molecule has 108 valence electrons.